The molecule has 340 valence electrons. The summed E-state index contributed by atoms with van der Waals surface area (Å²) in [4.78, 5) is 24.0. The minimum atomic E-state index is -1.26. The lowest BCUT2D eigenvalue weighted by molar-refractivity contribution is -0.134. The van der Waals surface area contributed by atoms with Gasteiger partial charge in [0.1, 0.15) is 23.0 Å². The van der Waals surface area contributed by atoms with E-state index in [0.717, 1.165) is 121 Å². The first kappa shape index (κ1) is 46.5. The number of likely N-dealkylation sites (tertiary alicyclic amines) is 2. The van der Waals surface area contributed by atoms with Gasteiger partial charge in [0.25, 0.3) is 0 Å². The van der Waals surface area contributed by atoms with Crippen LogP contribution in [0.2, 0.25) is 0 Å². The second kappa shape index (κ2) is 21.5. The van der Waals surface area contributed by atoms with Crippen molar-refractivity contribution in [2.45, 2.75) is 36.5 Å². The summed E-state index contributed by atoms with van der Waals surface area (Å²) in [6.45, 7) is 5.33. The van der Waals surface area contributed by atoms with Gasteiger partial charge in [-0.15, -0.1) is 0 Å². The summed E-state index contributed by atoms with van der Waals surface area (Å²) in [5, 5.41) is 35.6. The quantitative estimate of drug-likeness (QED) is 0.141. The Morgan fingerprint density at radius 2 is 0.809 bits per heavy atom. The summed E-state index contributed by atoms with van der Waals surface area (Å²) in [5.41, 5.74) is 8.59. The molecule has 4 heterocycles. The van der Waals surface area contributed by atoms with Crippen LogP contribution in [0.15, 0.2) is 170 Å². The Balaban J connectivity index is 0.000000159. The van der Waals surface area contributed by atoms with Crippen LogP contribution in [0.1, 0.15) is 59.1 Å². The van der Waals surface area contributed by atoms with E-state index in [1.807, 2.05) is 97.1 Å². The number of nitrogens with zero attached hydrogens (tertiary/aromatic N) is 4. The van der Waals surface area contributed by atoms with Gasteiger partial charge in [0.15, 0.2) is 0 Å². The van der Waals surface area contributed by atoms with E-state index in [4.69, 9.17) is 19.7 Å². The molecule has 0 radical (unpaired) electrons. The van der Waals surface area contributed by atoms with Gasteiger partial charge >= 0.3 is 11.9 Å². The van der Waals surface area contributed by atoms with E-state index in [0.29, 0.717) is 12.2 Å². The fourth-order valence-electron chi connectivity index (χ4n) is 9.31. The number of rotatable bonds is 8. The summed E-state index contributed by atoms with van der Waals surface area (Å²) < 4.78 is 12.4. The Bertz CT molecular complexity index is 2720. The molecular weight excluding hydrogens is 849 g/mol. The second-order valence-corrected chi connectivity index (χ2v) is 17.3. The molecule has 10 nitrogen and oxygen atoms in total. The maximum atomic E-state index is 9.98. The van der Waals surface area contributed by atoms with Crippen molar-refractivity contribution in [3.05, 3.63) is 203 Å². The van der Waals surface area contributed by atoms with E-state index in [9.17, 15) is 20.1 Å². The Kier molecular flexibility index (Phi) is 14.7. The van der Waals surface area contributed by atoms with Crippen molar-refractivity contribution in [3.63, 3.8) is 0 Å². The van der Waals surface area contributed by atoms with Crippen molar-refractivity contribution >= 4 is 35.2 Å². The number of carbonyl (C=O) groups is 2. The zero-order valence-electron chi connectivity index (χ0n) is 37.7. The zero-order chi connectivity index (χ0) is 47.4. The van der Waals surface area contributed by atoms with Crippen molar-refractivity contribution in [3.8, 4) is 35.1 Å². The molecule has 6 aromatic rings. The highest BCUT2D eigenvalue weighted by atomic mass is 16.5. The van der Waals surface area contributed by atoms with Gasteiger partial charge < -0.3 is 19.7 Å². The molecule has 10 rings (SSSR count). The van der Waals surface area contributed by atoms with Gasteiger partial charge in [0, 0.05) is 73.7 Å². The van der Waals surface area contributed by atoms with Crippen LogP contribution in [0.5, 0.6) is 23.0 Å². The molecule has 0 unspecified atom stereocenters. The monoisotopic (exact) mass is 900 g/mol. The van der Waals surface area contributed by atoms with Gasteiger partial charge in [-0.05, 0) is 84.4 Å². The molecule has 0 amide bonds. The number of carboxylic acid groups (broad SMARTS) is 2. The number of benzene rings is 6. The molecule has 0 atom stereocenters. The largest absolute Gasteiger partial charge is 0.478 e. The summed E-state index contributed by atoms with van der Waals surface area (Å²) in [7, 11) is 0. The molecule has 0 saturated carbocycles. The standard InChI is InChI=1S/2C27H24N2O.C4H4O4/c2*28-20-27(23-9-2-1-3-10-23)14-16-29(17-15-27)19-22-18-21-8-4-6-12-25(21)30-26-13-7-5-11-24(22)26;5-3(6)1-2-4(7)8/h2*1-13,18H,14-17,19H2;1-2H,(H,5,6)(H,7,8)/b;;2-1-. The number of aliphatic carboxylic acids is 2. The molecule has 0 aliphatic carbocycles. The van der Waals surface area contributed by atoms with Crippen LogP contribution in [0.3, 0.4) is 0 Å². The Morgan fingerprint density at radius 1 is 0.485 bits per heavy atom. The summed E-state index contributed by atoms with van der Waals surface area (Å²) >= 11 is 0. The predicted octanol–water partition coefficient (Wildman–Crippen LogP) is 11.5. The first-order valence-corrected chi connectivity index (χ1v) is 22.8. The van der Waals surface area contributed by atoms with Crippen molar-refractivity contribution < 1.29 is 29.3 Å². The second-order valence-electron chi connectivity index (χ2n) is 17.3. The molecule has 2 saturated heterocycles. The summed E-state index contributed by atoms with van der Waals surface area (Å²) in [5.74, 6) is 1.08. The van der Waals surface area contributed by atoms with Crippen molar-refractivity contribution in [1.82, 2.24) is 9.80 Å². The summed E-state index contributed by atoms with van der Waals surface area (Å²) in [6, 6.07) is 58.7. The maximum absolute atomic E-state index is 9.98. The third-order valence-corrected chi connectivity index (χ3v) is 13.1. The van der Waals surface area contributed by atoms with E-state index < -0.39 is 11.9 Å². The number of fused-ring (bicyclic) bond motifs is 4. The van der Waals surface area contributed by atoms with Gasteiger partial charge in [-0.25, -0.2) is 9.59 Å². The molecule has 10 heteroatoms. The van der Waals surface area contributed by atoms with Gasteiger partial charge in [0.05, 0.1) is 23.0 Å². The predicted molar refractivity (Wildman–Crippen MR) is 265 cm³/mol. The van der Waals surface area contributed by atoms with Crippen LogP contribution in [-0.4, -0.2) is 71.2 Å². The number of nitriles is 2. The van der Waals surface area contributed by atoms with Crippen LogP contribution in [0.25, 0.3) is 23.3 Å². The minimum absolute atomic E-state index is 0.372. The molecular formula is C58H52N4O6. The van der Waals surface area contributed by atoms with Crippen LogP contribution < -0.4 is 9.47 Å². The van der Waals surface area contributed by atoms with E-state index in [2.05, 4.69) is 94.8 Å². The minimum Gasteiger partial charge on any atom is -0.478 e. The molecule has 0 bridgehead atoms. The SMILES string of the molecule is N#CC1(c2ccccc2)CCN(CC2=Cc3ccccc3Oc3ccccc32)CC1.N#CC1(c2ccccc2)CCN(CC2=Cc3ccccc3Oc3ccccc32)CC1.O=C(O)/C=C\C(=O)O. The third kappa shape index (κ3) is 11.0. The van der Waals surface area contributed by atoms with Crippen LogP contribution in [0.4, 0.5) is 0 Å². The zero-order valence-corrected chi connectivity index (χ0v) is 37.7. The van der Waals surface area contributed by atoms with Crippen molar-refractivity contribution in [2.75, 3.05) is 39.3 Å². The van der Waals surface area contributed by atoms with Crippen molar-refractivity contribution in [1.29, 1.82) is 10.5 Å². The average molecular weight is 901 g/mol. The average Bonchev–Trinajstić information content (AvgIpc) is 3.64. The topological polar surface area (TPSA) is 147 Å². The lowest BCUT2D eigenvalue weighted by atomic mass is 9.74. The maximum Gasteiger partial charge on any atom is 0.328 e. The fourth-order valence-corrected chi connectivity index (χ4v) is 9.31. The van der Waals surface area contributed by atoms with E-state index in [-0.39, 0.29) is 10.8 Å². The molecule has 68 heavy (non-hydrogen) atoms. The van der Waals surface area contributed by atoms with Crippen LogP contribution in [-0.2, 0) is 20.4 Å². The van der Waals surface area contributed by atoms with Crippen LogP contribution in [0, 0.1) is 22.7 Å². The Hall–Kier alpha value is -8.02. The summed E-state index contributed by atoms with van der Waals surface area (Å²) in [6.07, 6.45) is 9.05. The lowest BCUT2D eigenvalue weighted by Gasteiger charge is -2.38. The van der Waals surface area contributed by atoms with Gasteiger partial charge in [-0.3, -0.25) is 9.80 Å². The number of piperidine rings is 2. The molecule has 2 fully saturated rings. The molecule has 0 aromatic heterocycles. The highest BCUT2D eigenvalue weighted by molar-refractivity contribution is 5.90. The van der Waals surface area contributed by atoms with Gasteiger partial charge in [-0.1, -0.05) is 133 Å². The first-order valence-electron chi connectivity index (χ1n) is 22.8. The fraction of sp³-hybridized carbons (Fsp3) is 0.207. The molecule has 4 aliphatic heterocycles. The molecule has 6 aromatic carbocycles. The lowest BCUT2D eigenvalue weighted by Crippen LogP contribution is -2.42. The molecule has 4 aliphatic rings. The van der Waals surface area contributed by atoms with Gasteiger partial charge in [0.2, 0.25) is 0 Å². The number of para-hydroxylation sites is 4. The molecule has 2 N–H and O–H groups in total. The third-order valence-electron chi connectivity index (χ3n) is 13.1. The Labute approximate surface area is 397 Å². The van der Waals surface area contributed by atoms with Gasteiger partial charge in [-0.2, -0.15) is 10.5 Å². The number of hydrogen-bond donors (Lipinski definition) is 2. The first-order chi connectivity index (χ1) is 33.2. The Morgan fingerprint density at radius 3 is 1.16 bits per heavy atom. The van der Waals surface area contributed by atoms with Crippen molar-refractivity contribution in [2.24, 2.45) is 0 Å². The normalized spacial score (nSPS) is 16.6. The number of hydrogen-bond acceptors (Lipinski definition) is 8. The number of carboxylic acids is 2. The van der Waals surface area contributed by atoms with E-state index in [1.165, 1.54) is 11.1 Å². The van der Waals surface area contributed by atoms with E-state index in [1.54, 1.807) is 0 Å². The highest BCUT2D eigenvalue weighted by Gasteiger charge is 2.38. The number of ether oxygens (including phenoxy) is 2. The van der Waals surface area contributed by atoms with Crippen LogP contribution >= 0.6 is 0 Å². The highest BCUT2D eigenvalue weighted by Crippen LogP contribution is 2.42. The smallest absolute Gasteiger partial charge is 0.328 e. The molecule has 0 spiro atoms. The van der Waals surface area contributed by atoms with E-state index >= 15 is 0 Å².